The van der Waals surface area contributed by atoms with Gasteiger partial charge in [-0.3, -0.25) is 4.79 Å². The lowest BCUT2D eigenvalue weighted by Crippen LogP contribution is -2.26. The summed E-state index contributed by atoms with van der Waals surface area (Å²) in [5.41, 5.74) is 3.83. The van der Waals surface area contributed by atoms with Gasteiger partial charge in [0.05, 0.1) is 0 Å². The van der Waals surface area contributed by atoms with Crippen molar-refractivity contribution < 1.29 is 4.79 Å². The summed E-state index contributed by atoms with van der Waals surface area (Å²) in [4.78, 5) is 12.1. The zero-order valence-electron chi connectivity index (χ0n) is 11.0. The Morgan fingerprint density at radius 3 is 2.94 bits per heavy atom. The Kier molecular flexibility index (Phi) is 2.67. The highest BCUT2D eigenvalue weighted by Gasteiger charge is 2.50. The van der Waals surface area contributed by atoms with E-state index in [1.165, 1.54) is 11.1 Å². The second kappa shape index (κ2) is 4.09. The summed E-state index contributed by atoms with van der Waals surface area (Å²) in [5.74, 6) is 0.377. The molecule has 3 nitrogen and oxygen atoms in total. The number of hydrogen-bond acceptors (Lipinski definition) is 2. The van der Waals surface area contributed by atoms with Crippen LogP contribution in [0.5, 0.6) is 0 Å². The molecule has 0 radical (unpaired) electrons. The Morgan fingerprint density at radius 2 is 2.22 bits per heavy atom. The molecule has 1 atom stereocenters. The maximum atomic E-state index is 12.1. The number of rotatable bonds is 2. The predicted molar refractivity (Wildman–Crippen MR) is 72.4 cm³/mol. The fraction of sp³-hybridized carbons (Fsp3) is 0.533. The molecule has 1 amide bonds. The Hall–Kier alpha value is -1.35. The van der Waals surface area contributed by atoms with Crippen molar-refractivity contribution in [3.8, 4) is 0 Å². The summed E-state index contributed by atoms with van der Waals surface area (Å²) in [5, 5.41) is 6.48. The first-order chi connectivity index (χ1) is 8.58. The van der Waals surface area contributed by atoms with E-state index in [1.54, 1.807) is 0 Å². The van der Waals surface area contributed by atoms with Crippen LogP contribution in [0.25, 0.3) is 0 Å². The smallest absolute Gasteiger partial charge is 0.228 e. The summed E-state index contributed by atoms with van der Waals surface area (Å²) < 4.78 is 0. The lowest BCUT2D eigenvalue weighted by atomic mass is 9.99. The average Bonchev–Trinajstić information content (AvgIpc) is 2.99. The second-order valence-electron chi connectivity index (χ2n) is 6.10. The minimum Gasteiger partial charge on any atom is -0.326 e. The minimum absolute atomic E-state index is 0.187. The Labute approximate surface area is 108 Å². The van der Waals surface area contributed by atoms with E-state index >= 15 is 0 Å². The molecule has 1 heterocycles. The molecule has 2 aliphatic rings. The molecule has 0 saturated heterocycles. The van der Waals surface area contributed by atoms with Crippen molar-refractivity contribution >= 4 is 11.6 Å². The molecule has 3 heteroatoms. The second-order valence-corrected chi connectivity index (χ2v) is 6.10. The van der Waals surface area contributed by atoms with Crippen molar-refractivity contribution in [2.75, 3.05) is 11.9 Å². The SMILES string of the molecule is CC1(C)CC1C(=O)Nc1cccc2c1CCNC2. The zero-order valence-corrected chi connectivity index (χ0v) is 11.0. The van der Waals surface area contributed by atoms with Gasteiger partial charge in [-0.2, -0.15) is 0 Å². The topological polar surface area (TPSA) is 41.1 Å². The third-order valence-electron chi connectivity index (χ3n) is 4.23. The fourth-order valence-electron chi connectivity index (χ4n) is 2.78. The van der Waals surface area contributed by atoms with Crippen molar-refractivity contribution in [1.82, 2.24) is 5.32 Å². The summed E-state index contributed by atoms with van der Waals surface area (Å²) in [6, 6.07) is 6.19. The predicted octanol–water partition coefficient (Wildman–Crippen LogP) is 2.32. The fourth-order valence-corrected chi connectivity index (χ4v) is 2.78. The van der Waals surface area contributed by atoms with Gasteiger partial charge in [-0.25, -0.2) is 0 Å². The van der Waals surface area contributed by atoms with Gasteiger partial charge in [-0.15, -0.1) is 0 Å². The van der Waals surface area contributed by atoms with Crippen LogP contribution in [0.2, 0.25) is 0 Å². The maximum Gasteiger partial charge on any atom is 0.228 e. The number of hydrogen-bond donors (Lipinski definition) is 2. The zero-order chi connectivity index (χ0) is 12.8. The van der Waals surface area contributed by atoms with Crippen LogP contribution in [0.4, 0.5) is 5.69 Å². The number of nitrogens with one attached hydrogen (secondary N) is 2. The van der Waals surface area contributed by atoms with Gasteiger partial charge in [0.25, 0.3) is 0 Å². The molecule has 1 aliphatic carbocycles. The molecule has 0 aromatic heterocycles. The maximum absolute atomic E-state index is 12.1. The quantitative estimate of drug-likeness (QED) is 0.838. The van der Waals surface area contributed by atoms with Crippen LogP contribution < -0.4 is 10.6 Å². The minimum atomic E-state index is 0.187. The largest absolute Gasteiger partial charge is 0.326 e. The van der Waals surface area contributed by atoms with Gasteiger partial charge in [0.1, 0.15) is 0 Å². The van der Waals surface area contributed by atoms with Crippen molar-refractivity contribution in [2.45, 2.75) is 33.2 Å². The molecule has 1 aromatic carbocycles. The molecule has 0 spiro atoms. The number of anilines is 1. The molecular weight excluding hydrogens is 224 g/mol. The van der Waals surface area contributed by atoms with Crippen LogP contribution in [0.1, 0.15) is 31.4 Å². The van der Waals surface area contributed by atoms with Gasteiger partial charge in [-0.1, -0.05) is 26.0 Å². The first-order valence-electron chi connectivity index (χ1n) is 6.70. The van der Waals surface area contributed by atoms with Crippen LogP contribution in [0.3, 0.4) is 0 Å². The van der Waals surface area contributed by atoms with Crippen molar-refractivity contribution in [3.05, 3.63) is 29.3 Å². The molecule has 1 saturated carbocycles. The molecule has 1 aromatic rings. The van der Waals surface area contributed by atoms with E-state index in [0.29, 0.717) is 0 Å². The Morgan fingerprint density at radius 1 is 1.44 bits per heavy atom. The van der Waals surface area contributed by atoms with Gasteiger partial charge < -0.3 is 10.6 Å². The van der Waals surface area contributed by atoms with E-state index in [0.717, 1.165) is 31.6 Å². The number of carbonyl (C=O) groups excluding carboxylic acids is 1. The molecule has 96 valence electrons. The Balaban J connectivity index is 1.79. The highest BCUT2D eigenvalue weighted by molar-refractivity contribution is 5.95. The molecular formula is C15H20N2O. The number of benzene rings is 1. The standard InChI is InChI=1S/C15H20N2O/c1-15(2)8-12(15)14(18)17-13-5-3-4-10-9-16-7-6-11(10)13/h3-5,12,16H,6-9H2,1-2H3,(H,17,18). The molecule has 2 N–H and O–H groups in total. The van der Waals surface area contributed by atoms with Crippen LogP contribution in [0, 0.1) is 11.3 Å². The van der Waals surface area contributed by atoms with Crippen molar-refractivity contribution in [2.24, 2.45) is 11.3 Å². The third kappa shape index (κ3) is 2.03. The monoisotopic (exact) mass is 244 g/mol. The first kappa shape index (κ1) is 11.7. The van der Waals surface area contributed by atoms with Crippen LogP contribution in [0.15, 0.2) is 18.2 Å². The lowest BCUT2D eigenvalue weighted by Gasteiger charge is -2.20. The molecule has 0 bridgehead atoms. The van der Waals surface area contributed by atoms with Gasteiger partial charge >= 0.3 is 0 Å². The van der Waals surface area contributed by atoms with Crippen LogP contribution >= 0.6 is 0 Å². The van der Waals surface area contributed by atoms with E-state index in [1.807, 2.05) is 12.1 Å². The van der Waals surface area contributed by atoms with Gasteiger partial charge in [0.2, 0.25) is 5.91 Å². The number of fused-ring (bicyclic) bond motifs is 1. The summed E-state index contributed by atoms with van der Waals surface area (Å²) in [7, 11) is 0. The van der Waals surface area contributed by atoms with Crippen molar-refractivity contribution in [3.63, 3.8) is 0 Å². The van der Waals surface area contributed by atoms with E-state index in [2.05, 4.69) is 30.5 Å². The first-order valence-corrected chi connectivity index (χ1v) is 6.70. The number of amides is 1. The van der Waals surface area contributed by atoms with E-state index < -0.39 is 0 Å². The van der Waals surface area contributed by atoms with Crippen LogP contribution in [-0.2, 0) is 17.8 Å². The van der Waals surface area contributed by atoms with Crippen LogP contribution in [-0.4, -0.2) is 12.5 Å². The highest BCUT2D eigenvalue weighted by Crippen LogP contribution is 2.52. The Bertz CT molecular complexity index is 493. The summed E-state index contributed by atoms with van der Waals surface area (Å²) in [6.07, 6.45) is 2.01. The molecule has 1 unspecified atom stereocenters. The molecule has 3 rings (SSSR count). The van der Waals surface area contributed by atoms with E-state index in [9.17, 15) is 4.79 Å². The molecule has 1 fully saturated rings. The van der Waals surface area contributed by atoms with Gasteiger partial charge in [0, 0.05) is 18.2 Å². The van der Waals surface area contributed by atoms with Crippen molar-refractivity contribution in [1.29, 1.82) is 0 Å². The van der Waals surface area contributed by atoms with E-state index in [-0.39, 0.29) is 17.2 Å². The third-order valence-corrected chi connectivity index (χ3v) is 4.23. The molecule has 18 heavy (non-hydrogen) atoms. The lowest BCUT2D eigenvalue weighted by molar-refractivity contribution is -0.118. The normalized spacial score (nSPS) is 24.2. The average molecular weight is 244 g/mol. The van der Waals surface area contributed by atoms with Gasteiger partial charge in [-0.05, 0) is 42.0 Å². The molecule has 1 aliphatic heterocycles. The van der Waals surface area contributed by atoms with E-state index in [4.69, 9.17) is 0 Å². The number of carbonyl (C=O) groups is 1. The summed E-state index contributed by atoms with van der Waals surface area (Å²) in [6.45, 7) is 6.21. The van der Waals surface area contributed by atoms with Gasteiger partial charge in [0.15, 0.2) is 0 Å². The summed E-state index contributed by atoms with van der Waals surface area (Å²) >= 11 is 0. The highest BCUT2D eigenvalue weighted by atomic mass is 16.2.